The van der Waals surface area contributed by atoms with Gasteiger partial charge in [0.25, 0.3) is 0 Å². The second-order valence-corrected chi connectivity index (χ2v) is 5.93. The molecule has 0 aliphatic heterocycles. The standard InChI is InChI=1S/C15H23N3O2/c1-10(2)14(20)18-12-7-5-11(6-8-12)17-13(19)9-15(3,4)16/h5-8,10H,9,16H2,1-4H3,(H,17,19)(H,18,20). The Bertz CT molecular complexity index is 473. The first-order valence-corrected chi connectivity index (χ1v) is 6.67. The van der Waals surface area contributed by atoms with Crippen LogP contribution in [0.4, 0.5) is 11.4 Å². The van der Waals surface area contributed by atoms with Gasteiger partial charge in [0.2, 0.25) is 11.8 Å². The predicted octanol–water partition coefficient (Wildman–Crippen LogP) is 2.35. The van der Waals surface area contributed by atoms with Gasteiger partial charge in [0.1, 0.15) is 0 Å². The maximum absolute atomic E-state index is 11.7. The Morgan fingerprint density at radius 2 is 1.55 bits per heavy atom. The van der Waals surface area contributed by atoms with Crippen molar-refractivity contribution in [2.24, 2.45) is 11.7 Å². The summed E-state index contributed by atoms with van der Waals surface area (Å²) in [6.45, 7) is 7.27. The molecule has 5 heteroatoms. The van der Waals surface area contributed by atoms with Gasteiger partial charge < -0.3 is 16.4 Å². The normalized spacial score (nSPS) is 11.3. The third-order valence-corrected chi connectivity index (χ3v) is 2.58. The van der Waals surface area contributed by atoms with Crippen molar-refractivity contribution in [2.75, 3.05) is 10.6 Å². The van der Waals surface area contributed by atoms with Crippen molar-refractivity contribution >= 4 is 23.2 Å². The smallest absolute Gasteiger partial charge is 0.226 e. The maximum Gasteiger partial charge on any atom is 0.226 e. The Morgan fingerprint density at radius 3 is 1.95 bits per heavy atom. The van der Waals surface area contributed by atoms with Crippen molar-refractivity contribution in [1.29, 1.82) is 0 Å². The minimum atomic E-state index is -0.532. The molecule has 0 aromatic heterocycles. The molecule has 0 fully saturated rings. The molecule has 2 amide bonds. The van der Waals surface area contributed by atoms with E-state index in [1.54, 1.807) is 38.1 Å². The number of hydrogen-bond acceptors (Lipinski definition) is 3. The van der Waals surface area contributed by atoms with E-state index in [2.05, 4.69) is 10.6 Å². The summed E-state index contributed by atoms with van der Waals surface area (Å²) in [6, 6.07) is 7.00. The number of carbonyl (C=O) groups excluding carboxylic acids is 2. The van der Waals surface area contributed by atoms with Crippen molar-refractivity contribution in [3.05, 3.63) is 24.3 Å². The van der Waals surface area contributed by atoms with Gasteiger partial charge in [-0.15, -0.1) is 0 Å². The van der Waals surface area contributed by atoms with Crippen molar-refractivity contribution in [1.82, 2.24) is 0 Å². The highest BCUT2D eigenvalue weighted by molar-refractivity contribution is 5.93. The van der Waals surface area contributed by atoms with Gasteiger partial charge >= 0.3 is 0 Å². The zero-order valence-corrected chi connectivity index (χ0v) is 12.5. The third-order valence-electron chi connectivity index (χ3n) is 2.58. The lowest BCUT2D eigenvalue weighted by Crippen LogP contribution is -2.36. The Morgan fingerprint density at radius 1 is 1.10 bits per heavy atom. The molecular formula is C15H23N3O2. The molecule has 0 unspecified atom stereocenters. The minimum absolute atomic E-state index is 0.0355. The molecule has 0 saturated heterocycles. The van der Waals surface area contributed by atoms with Crippen LogP contribution in [0.3, 0.4) is 0 Å². The van der Waals surface area contributed by atoms with Crippen LogP contribution in [0.1, 0.15) is 34.1 Å². The predicted molar refractivity (Wildman–Crippen MR) is 81.4 cm³/mol. The first-order valence-electron chi connectivity index (χ1n) is 6.67. The van der Waals surface area contributed by atoms with Crippen LogP contribution in [-0.2, 0) is 9.59 Å². The van der Waals surface area contributed by atoms with E-state index >= 15 is 0 Å². The summed E-state index contributed by atoms with van der Waals surface area (Å²) >= 11 is 0. The monoisotopic (exact) mass is 277 g/mol. The van der Waals surface area contributed by atoms with E-state index < -0.39 is 5.54 Å². The Balaban J connectivity index is 2.59. The molecule has 110 valence electrons. The summed E-state index contributed by atoms with van der Waals surface area (Å²) in [7, 11) is 0. The second kappa shape index (κ2) is 6.52. The van der Waals surface area contributed by atoms with Crippen LogP contribution in [0.15, 0.2) is 24.3 Å². The summed E-state index contributed by atoms with van der Waals surface area (Å²) in [5.74, 6) is -0.232. The van der Waals surface area contributed by atoms with Crippen LogP contribution in [0.25, 0.3) is 0 Å². The van der Waals surface area contributed by atoms with Crippen molar-refractivity contribution in [3.63, 3.8) is 0 Å². The molecule has 0 bridgehead atoms. The highest BCUT2D eigenvalue weighted by atomic mass is 16.2. The van der Waals surface area contributed by atoms with Gasteiger partial charge in [0, 0.05) is 29.3 Å². The second-order valence-electron chi connectivity index (χ2n) is 5.93. The summed E-state index contributed by atoms with van der Waals surface area (Å²) in [6.07, 6.45) is 0.249. The van der Waals surface area contributed by atoms with Gasteiger partial charge in [0.05, 0.1) is 0 Å². The molecule has 0 saturated carbocycles. The maximum atomic E-state index is 11.7. The zero-order chi connectivity index (χ0) is 15.3. The van der Waals surface area contributed by atoms with E-state index in [0.29, 0.717) is 11.4 Å². The van der Waals surface area contributed by atoms with Crippen molar-refractivity contribution in [2.45, 2.75) is 39.7 Å². The molecule has 0 atom stereocenters. The van der Waals surface area contributed by atoms with Gasteiger partial charge in [-0.25, -0.2) is 0 Å². The molecule has 5 nitrogen and oxygen atoms in total. The van der Waals surface area contributed by atoms with E-state index in [1.165, 1.54) is 0 Å². The van der Waals surface area contributed by atoms with Crippen LogP contribution >= 0.6 is 0 Å². The molecule has 20 heavy (non-hydrogen) atoms. The number of benzene rings is 1. The molecular weight excluding hydrogens is 254 g/mol. The summed E-state index contributed by atoms with van der Waals surface area (Å²) in [5, 5.41) is 5.56. The number of anilines is 2. The van der Waals surface area contributed by atoms with Crippen molar-refractivity contribution in [3.8, 4) is 0 Å². The zero-order valence-electron chi connectivity index (χ0n) is 12.5. The third kappa shape index (κ3) is 5.84. The fourth-order valence-corrected chi connectivity index (χ4v) is 1.54. The van der Waals surface area contributed by atoms with Crippen LogP contribution in [-0.4, -0.2) is 17.4 Å². The average molecular weight is 277 g/mol. The number of carbonyl (C=O) groups is 2. The van der Waals surface area contributed by atoms with Gasteiger partial charge in [-0.2, -0.15) is 0 Å². The SMILES string of the molecule is CC(C)C(=O)Nc1ccc(NC(=O)CC(C)(C)N)cc1. The largest absolute Gasteiger partial charge is 0.326 e. The van der Waals surface area contributed by atoms with Gasteiger partial charge in [-0.05, 0) is 38.1 Å². The van der Waals surface area contributed by atoms with Gasteiger partial charge in [0.15, 0.2) is 0 Å². The number of hydrogen-bond donors (Lipinski definition) is 3. The summed E-state index contributed by atoms with van der Waals surface area (Å²) in [5.41, 5.74) is 6.65. The van der Waals surface area contributed by atoms with E-state index in [-0.39, 0.29) is 24.2 Å². The molecule has 0 radical (unpaired) electrons. The number of rotatable bonds is 5. The number of amides is 2. The lowest BCUT2D eigenvalue weighted by Gasteiger charge is -2.17. The lowest BCUT2D eigenvalue weighted by molar-refractivity contribution is -0.119. The molecule has 4 N–H and O–H groups in total. The highest BCUT2D eigenvalue weighted by Crippen LogP contribution is 2.15. The lowest BCUT2D eigenvalue weighted by atomic mass is 10.0. The van der Waals surface area contributed by atoms with Crippen LogP contribution < -0.4 is 16.4 Å². The average Bonchev–Trinajstić information content (AvgIpc) is 2.28. The summed E-state index contributed by atoms with van der Waals surface area (Å²) < 4.78 is 0. The van der Waals surface area contributed by atoms with Crippen LogP contribution in [0.5, 0.6) is 0 Å². The Hall–Kier alpha value is -1.88. The number of nitrogens with two attached hydrogens (primary N) is 1. The summed E-state index contributed by atoms with van der Waals surface area (Å²) in [4.78, 5) is 23.3. The Labute approximate surface area is 119 Å². The first-order chi connectivity index (χ1) is 9.17. The first kappa shape index (κ1) is 16.2. The quantitative estimate of drug-likeness (QED) is 0.772. The van der Waals surface area contributed by atoms with E-state index in [0.717, 1.165) is 0 Å². The molecule has 0 aliphatic carbocycles. The highest BCUT2D eigenvalue weighted by Gasteiger charge is 2.16. The minimum Gasteiger partial charge on any atom is -0.326 e. The number of nitrogens with one attached hydrogen (secondary N) is 2. The van der Waals surface area contributed by atoms with E-state index in [1.807, 2.05) is 13.8 Å². The van der Waals surface area contributed by atoms with Gasteiger partial charge in [-0.1, -0.05) is 13.8 Å². The molecule has 0 aliphatic rings. The van der Waals surface area contributed by atoms with Crippen LogP contribution in [0, 0.1) is 5.92 Å². The molecule has 1 aromatic carbocycles. The van der Waals surface area contributed by atoms with Crippen LogP contribution in [0.2, 0.25) is 0 Å². The van der Waals surface area contributed by atoms with E-state index in [9.17, 15) is 9.59 Å². The molecule has 0 spiro atoms. The van der Waals surface area contributed by atoms with Gasteiger partial charge in [-0.3, -0.25) is 9.59 Å². The molecule has 1 rings (SSSR count). The molecule has 0 heterocycles. The fourth-order valence-electron chi connectivity index (χ4n) is 1.54. The Kier molecular flexibility index (Phi) is 5.27. The topological polar surface area (TPSA) is 84.2 Å². The fraction of sp³-hybridized carbons (Fsp3) is 0.467. The van der Waals surface area contributed by atoms with E-state index in [4.69, 9.17) is 5.73 Å². The molecule has 1 aromatic rings. The van der Waals surface area contributed by atoms with Crippen molar-refractivity contribution < 1.29 is 9.59 Å².